The normalized spacial score (nSPS) is 15.6. The highest BCUT2D eigenvalue weighted by Crippen LogP contribution is 2.27. The van der Waals surface area contributed by atoms with Crippen molar-refractivity contribution in [3.63, 3.8) is 0 Å². The number of carbonyl (C=O) groups is 1. The lowest BCUT2D eigenvalue weighted by atomic mass is 9.93. The van der Waals surface area contributed by atoms with Crippen molar-refractivity contribution < 1.29 is 9.69 Å². The van der Waals surface area contributed by atoms with Crippen LogP contribution in [-0.4, -0.2) is 35.0 Å². The van der Waals surface area contributed by atoms with Crippen LogP contribution in [0.1, 0.15) is 44.9 Å². The van der Waals surface area contributed by atoms with Crippen LogP contribution < -0.4 is 15.4 Å². The van der Waals surface area contributed by atoms with Crippen molar-refractivity contribution in [2.45, 2.75) is 51.6 Å². The molecule has 1 unspecified atom stereocenters. The molecule has 1 saturated carbocycles. The Kier molecular flexibility index (Phi) is 6.77. The third kappa shape index (κ3) is 5.02. The van der Waals surface area contributed by atoms with Crippen LogP contribution in [0.15, 0.2) is 59.4 Å². The second-order valence-corrected chi connectivity index (χ2v) is 8.38. The SMILES string of the molecule is CC[NH+](CC(=O)N(c1ccccc1)C1CCCCC1)Cc1nc2ccccc2c(=O)[nH]1. The molecule has 4 rings (SSSR count). The maximum absolute atomic E-state index is 13.5. The molecule has 1 fully saturated rings. The lowest BCUT2D eigenvalue weighted by Gasteiger charge is -2.35. The molecule has 3 aromatic rings. The van der Waals surface area contributed by atoms with Gasteiger partial charge in [-0.1, -0.05) is 49.6 Å². The summed E-state index contributed by atoms with van der Waals surface area (Å²) in [4.78, 5) is 36.5. The highest BCUT2D eigenvalue weighted by molar-refractivity contribution is 5.94. The number of nitrogens with one attached hydrogen (secondary N) is 2. The van der Waals surface area contributed by atoms with E-state index >= 15 is 0 Å². The zero-order valence-electron chi connectivity index (χ0n) is 18.1. The summed E-state index contributed by atoms with van der Waals surface area (Å²) in [7, 11) is 0. The number of quaternary nitrogens is 1. The summed E-state index contributed by atoms with van der Waals surface area (Å²) >= 11 is 0. The second kappa shape index (κ2) is 9.88. The average molecular weight is 420 g/mol. The van der Waals surface area contributed by atoms with Gasteiger partial charge in [0.05, 0.1) is 17.4 Å². The van der Waals surface area contributed by atoms with Gasteiger partial charge in [-0.2, -0.15) is 0 Å². The van der Waals surface area contributed by atoms with Crippen molar-refractivity contribution in [1.82, 2.24) is 9.97 Å². The number of rotatable bonds is 7. The first-order chi connectivity index (χ1) is 15.2. The minimum Gasteiger partial charge on any atom is -0.321 e. The number of anilines is 1. The summed E-state index contributed by atoms with van der Waals surface area (Å²) < 4.78 is 0. The van der Waals surface area contributed by atoms with Gasteiger partial charge in [0.1, 0.15) is 6.54 Å². The maximum atomic E-state index is 13.5. The van der Waals surface area contributed by atoms with Gasteiger partial charge >= 0.3 is 0 Å². The van der Waals surface area contributed by atoms with Gasteiger partial charge in [0.2, 0.25) is 0 Å². The zero-order chi connectivity index (χ0) is 21.6. The van der Waals surface area contributed by atoms with Crippen molar-refractivity contribution in [2.75, 3.05) is 18.0 Å². The Hall–Kier alpha value is -2.99. The Balaban J connectivity index is 1.53. The molecule has 31 heavy (non-hydrogen) atoms. The maximum Gasteiger partial charge on any atom is 0.282 e. The highest BCUT2D eigenvalue weighted by Gasteiger charge is 2.29. The number of hydrogen-bond acceptors (Lipinski definition) is 3. The van der Waals surface area contributed by atoms with Crippen LogP contribution in [-0.2, 0) is 11.3 Å². The molecule has 0 saturated heterocycles. The fourth-order valence-corrected chi connectivity index (χ4v) is 4.55. The van der Waals surface area contributed by atoms with Crippen LogP contribution in [0.5, 0.6) is 0 Å². The molecule has 0 spiro atoms. The van der Waals surface area contributed by atoms with E-state index in [0.29, 0.717) is 29.8 Å². The Morgan fingerprint density at radius 1 is 1.06 bits per heavy atom. The Morgan fingerprint density at radius 2 is 1.77 bits per heavy atom. The largest absolute Gasteiger partial charge is 0.321 e. The number of amides is 1. The van der Waals surface area contributed by atoms with Crippen molar-refractivity contribution >= 4 is 22.5 Å². The minimum absolute atomic E-state index is 0.129. The Labute approximate surface area is 182 Å². The third-order valence-corrected chi connectivity index (χ3v) is 6.22. The molecular formula is C25H31N4O2+. The quantitative estimate of drug-likeness (QED) is 0.619. The summed E-state index contributed by atoms with van der Waals surface area (Å²) in [6, 6.07) is 17.6. The number of H-pyrrole nitrogens is 1. The Morgan fingerprint density at radius 3 is 2.52 bits per heavy atom. The van der Waals surface area contributed by atoms with Gasteiger partial charge in [-0.15, -0.1) is 0 Å². The number of hydrogen-bond donors (Lipinski definition) is 2. The number of aromatic amines is 1. The van der Waals surface area contributed by atoms with Crippen LogP contribution in [0.3, 0.4) is 0 Å². The number of carbonyl (C=O) groups excluding carboxylic acids is 1. The molecule has 0 radical (unpaired) electrons. The third-order valence-electron chi connectivity index (χ3n) is 6.22. The summed E-state index contributed by atoms with van der Waals surface area (Å²) in [5.41, 5.74) is 1.54. The summed E-state index contributed by atoms with van der Waals surface area (Å²) in [5.74, 6) is 0.760. The van der Waals surface area contributed by atoms with E-state index in [-0.39, 0.29) is 17.5 Å². The molecule has 0 bridgehead atoms. The molecule has 1 atom stereocenters. The molecule has 6 nitrogen and oxygen atoms in total. The van der Waals surface area contributed by atoms with Crippen molar-refractivity contribution in [1.29, 1.82) is 0 Å². The van der Waals surface area contributed by atoms with Gasteiger partial charge in [-0.3, -0.25) is 9.59 Å². The molecule has 1 heterocycles. The second-order valence-electron chi connectivity index (χ2n) is 8.38. The van der Waals surface area contributed by atoms with Gasteiger partial charge in [0, 0.05) is 11.7 Å². The van der Waals surface area contributed by atoms with Gasteiger partial charge in [0.15, 0.2) is 12.4 Å². The standard InChI is InChI=1S/C25H30N4O2/c1-2-28(17-23-26-22-16-10-9-15-21(22)25(31)27-23)18-24(30)29(19-11-5-3-6-12-19)20-13-7-4-8-14-20/h3,5-6,9-12,15-16,20H,2,4,7-8,13-14,17-18H2,1H3,(H,26,27,31)/p+1. The van der Waals surface area contributed by atoms with Crippen LogP contribution >= 0.6 is 0 Å². The van der Waals surface area contributed by atoms with E-state index in [4.69, 9.17) is 0 Å². The molecule has 6 heteroatoms. The molecule has 0 aliphatic heterocycles. The van der Waals surface area contributed by atoms with Gasteiger partial charge < -0.3 is 14.8 Å². The lowest BCUT2D eigenvalue weighted by Crippen LogP contribution is -3.11. The highest BCUT2D eigenvalue weighted by atomic mass is 16.2. The fourth-order valence-electron chi connectivity index (χ4n) is 4.55. The van der Waals surface area contributed by atoms with Crippen LogP contribution in [0, 0.1) is 0 Å². The van der Waals surface area contributed by atoms with Crippen LogP contribution in [0.25, 0.3) is 10.9 Å². The van der Waals surface area contributed by atoms with E-state index in [1.807, 2.05) is 53.4 Å². The fraction of sp³-hybridized carbons (Fsp3) is 0.400. The predicted octanol–water partition coefficient (Wildman–Crippen LogP) is 2.69. The first kappa shape index (κ1) is 21.2. The van der Waals surface area contributed by atoms with Gasteiger partial charge in [0.25, 0.3) is 11.5 Å². The summed E-state index contributed by atoms with van der Waals surface area (Å²) in [6.07, 6.45) is 5.71. The number of fused-ring (bicyclic) bond motifs is 1. The molecule has 1 aliphatic carbocycles. The van der Waals surface area contributed by atoms with E-state index in [2.05, 4.69) is 16.9 Å². The molecule has 2 N–H and O–H groups in total. The minimum atomic E-state index is -0.129. The first-order valence-electron chi connectivity index (χ1n) is 11.3. The molecule has 1 aromatic heterocycles. The number of para-hydroxylation sites is 2. The predicted molar refractivity (Wildman–Crippen MR) is 123 cm³/mol. The molecule has 1 aliphatic rings. The molecule has 1 amide bonds. The zero-order valence-corrected chi connectivity index (χ0v) is 18.1. The van der Waals surface area contributed by atoms with E-state index in [9.17, 15) is 9.59 Å². The number of benzene rings is 2. The topological polar surface area (TPSA) is 70.5 Å². The summed E-state index contributed by atoms with van der Waals surface area (Å²) in [5, 5.41) is 0.591. The van der Waals surface area contributed by atoms with Gasteiger partial charge in [-0.05, 0) is 44.0 Å². The lowest BCUT2D eigenvalue weighted by molar-refractivity contribution is -0.904. The molecular weight excluding hydrogens is 388 g/mol. The van der Waals surface area contributed by atoms with Crippen molar-refractivity contribution in [3.05, 3.63) is 70.8 Å². The first-order valence-corrected chi connectivity index (χ1v) is 11.3. The van der Waals surface area contributed by atoms with Gasteiger partial charge in [-0.25, -0.2) is 4.98 Å². The van der Waals surface area contributed by atoms with E-state index < -0.39 is 0 Å². The van der Waals surface area contributed by atoms with E-state index in [0.717, 1.165) is 30.0 Å². The number of nitrogens with zero attached hydrogens (tertiary/aromatic N) is 2. The monoisotopic (exact) mass is 419 g/mol. The molecule has 2 aromatic carbocycles. The number of aromatic nitrogens is 2. The number of likely N-dealkylation sites (N-methyl/N-ethyl adjacent to an activating group) is 1. The summed E-state index contributed by atoms with van der Waals surface area (Å²) in [6.45, 7) is 3.72. The van der Waals surface area contributed by atoms with E-state index in [1.54, 1.807) is 6.07 Å². The average Bonchev–Trinajstić information content (AvgIpc) is 2.80. The molecule has 162 valence electrons. The van der Waals surface area contributed by atoms with Crippen LogP contribution in [0.2, 0.25) is 0 Å². The van der Waals surface area contributed by atoms with Crippen molar-refractivity contribution in [3.8, 4) is 0 Å². The van der Waals surface area contributed by atoms with Crippen LogP contribution in [0.4, 0.5) is 5.69 Å². The Bertz CT molecular complexity index is 1070. The van der Waals surface area contributed by atoms with E-state index in [1.165, 1.54) is 19.3 Å². The smallest absolute Gasteiger partial charge is 0.282 e. The van der Waals surface area contributed by atoms with Crippen molar-refractivity contribution in [2.24, 2.45) is 0 Å².